The highest BCUT2D eigenvalue weighted by Gasteiger charge is 2.33. The first kappa shape index (κ1) is 21.9. The lowest BCUT2D eigenvalue weighted by molar-refractivity contribution is -0.139. The van der Waals surface area contributed by atoms with E-state index in [9.17, 15) is 9.59 Å². The van der Waals surface area contributed by atoms with Gasteiger partial charge in [-0.05, 0) is 54.8 Å². The average molecular weight is 444 g/mol. The highest BCUT2D eigenvalue weighted by molar-refractivity contribution is 8.27. The van der Waals surface area contributed by atoms with Crippen LogP contribution in [0, 0.1) is 0 Å². The third kappa shape index (κ3) is 5.01. The van der Waals surface area contributed by atoms with Crippen LogP contribution in [0.5, 0.6) is 11.5 Å². The van der Waals surface area contributed by atoms with Crippen LogP contribution >= 0.6 is 24.0 Å². The normalized spacial score (nSPS) is 15.0. The molecule has 1 aliphatic rings. The molecule has 0 atom stereocenters. The topological polar surface area (TPSA) is 76.1 Å². The summed E-state index contributed by atoms with van der Waals surface area (Å²) in [5.41, 5.74) is 2.65. The number of aliphatic carboxylic acids is 1. The minimum atomic E-state index is -1.07. The number of thiocarbonyl (C=S) groups is 1. The Bertz CT molecular complexity index is 1000. The van der Waals surface area contributed by atoms with Gasteiger partial charge >= 0.3 is 5.97 Å². The molecule has 1 aliphatic heterocycles. The van der Waals surface area contributed by atoms with E-state index >= 15 is 0 Å². The molecule has 0 unspecified atom stereocenters. The number of thioether (sulfide) groups is 1. The summed E-state index contributed by atoms with van der Waals surface area (Å²) in [5.74, 6) is -0.506. The number of carboxylic acid groups (broad SMARTS) is 1. The van der Waals surface area contributed by atoms with Crippen molar-refractivity contribution in [1.82, 2.24) is 0 Å². The molecule has 30 heavy (non-hydrogen) atoms. The molecule has 2 aromatic rings. The van der Waals surface area contributed by atoms with Gasteiger partial charge in [0.05, 0.1) is 17.2 Å². The lowest BCUT2D eigenvalue weighted by Gasteiger charge is -2.14. The van der Waals surface area contributed by atoms with Crippen LogP contribution in [0.2, 0.25) is 0 Å². The Hall–Kier alpha value is -2.84. The second kappa shape index (κ2) is 9.77. The van der Waals surface area contributed by atoms with Crippen LogP contribution in [0.4, 0.5) is 5.69 Å². The van der Waals surface area contributed by atoms with Gasteiger partial charge in [-0.25, -0.2) is 4.79 Å². The molecule has 2 aromatic carbocycles. The van der Waals surface area contributed by atoms with E-state index in [0.29, 0.717) is 27.3 Å². The second-order valence-corrected chi connectivity index (χ2v) is 8.03. The first-order valence-electron chi connectivity index (χ1n) is 9.41. The SMILES string of the molecule is CCOc1cc(/C=C2/SC(=S)N(c3ccc(CC)cc3)C2=O)ccc1OCC(=O)O. The molecule has 0 aliphatic carbocycles. The number of ether oxygens (including phenoxy) is 2. The van der Waals surface area contributed by atoms with E-state index in [4.69, 9.17) is 26.8 Å². The van der Waals surface area contributed by atoms with Crippen LogP contribution in [0.15, 0.2) is 47.4 Å². The fourth-order valence-electron chi connectivity index (χ4n) is 2.86. The third-order valence-electron chi connectivity index (χ3n) is 4.31. The molecule has 0 aromatic heterocycles. The molecule has 1 amide bonds. The number of aryl methyl sites for hydroxylation is 1. The van der Waals surface area contributed by atoms with E-state index in [-0.39, 0.29) is 5.91 Å². The zero-order valence-electron chi connectivity index (χ0n) is 16.6. The number of nitrogens with zero attached hydrogens (tertiary/aromatic N) is 1. The summed E-state index contributed by atoms with van der Waals surface area (Å²) in [4.78, 5) is 25.7. The minimum absolute atomic E-state index is 0.182. The Morgan fingerprint density at radius 3 is 2.50 bits per heavy atom. The Balaban J connectivity index is 1.85. The molecule has 1 saturated heterocycles. The van der Waals surface area contributed by atoms with E-state index in [0.717, 1.165) is 17.7 Å². The number of amides is 1. The van der Waals surface area contributed by atoms with Crippen molar-refractivity contribution in [2.75, 3.05) is 18.1 Å². The van der Waals surface area contributed by atoms with Gasteiger partial charge in [0.15, 0.2) is 22.4 Å². The van der Waals surface area contributed by atoms with Gasteiger partial charge in [0.1, 0.15) is 0 Å². The number of hydrogen-bond donors (Lipinski definition) is 1. The van der Waals surface area contributed by atoms with E-state index in [2.05, 4.69) is 6.92 Å². The van der Waals surface area contributed by atoms with E-state index < -0.39 is 12.6 Å². The Kier molecular flexibility index (Phi) is 7.12. The highest BCUT2D eigenvalue weighted by Crippen LogP contribution is 2.37. The summed E-state index contributed by atoms with van der Waals surface area (Å²) in [6, 6.07) is 12.8. The maximum absolute atomic E-state index is 13.0. The summed E-state index contributed by atoms with van der Waals surface area (Å²) in [7, 11) is 0. The van der Waals surface area contributed by atoms with E-state index in [1.807, 2.05) is 31.2 Å². The molecule has 0 spiro atoms. The maximum Gasteiger partial charge on any atom is 0.341 e. The second-order valence-electron chi connectivity index (χ2n) is 6.36. The molecule has 1 heterocycles. The Labute approximate surface area is 184 Å². The van der Waals surface area contributed by atoms with Gasteiger partial charge in [-0.2, -0.15) is 0 Å². The Morgan fingerprint density at radius 2 is 1.87 bits per heavy atom. The fraction of sp³-hybridized carbons (Fsp3) is 0.227. The maximum atomic E-state index is 13.0. The summed E-state index contributed by atoms with van der Waals surface area (Å²) < 4.78 is 11.3. The number of carboxylic acids is 1. The fourth-order valence-corrected chi connectivity index (χ4v) is 4.16. The van der Waals surface area contributed by atoms with Gasteiger partial charge in [-0.1, -0.05) is 49.1 Å². The van der Waals surface area contributed by atoms with Gasteiger partial charge in [-0.3, -0.25) is 9.69 Å². The summed E-state index contributed by atoms with van der Waals surface area (Å²) in [6.07, 6.45) is 2.66. The quantitative estimate of drug-likeness (QED) is 0.475. The van der Waals surface area contributed by atoms with E-state index in [1.165, 1.54) is 22.2 Å². The lowest BCUT2D eigenvalue weighted by Crippen LogP contribution is -2.27. The van der Waals surface area contributed by atoms with Gasteiger partial charge in [0.2, 0.25) is 0 Å². The van der Waals surface area contributed by atoms with Crippen molar-refractivity contribution < 1.29 is 24.2 Å². The van der Waals surface area contributed by atoms with Crippen molar-refractivity contribution in [1.29, 1.82) is 0 Å². The van der Waals surface area contributed by atoms with Crippen molar-refractivity contribution >= 4 is 51.9 Å². The monoisotopic (exact) mass is 443 g/mol. The number of carbonyl (C=O) groups is 2. The zero-order chi connectivity index (χ0) is 21.7. The largest absolute Gasteiger partial charge is 0.490 e. The van der Waals surface area contributed by atoms with E-state index in [1.54, 1.807) is 24.3 Å². The van der Waals surface area contributed by atoms with Crippen molar-refractivity contribution in [2.24, 2.45) is 0 Å². The van der Waals surface area contributed by atoms with Crippen molar-refractivity contribution in [3.63, 3.8) is 0 Å². The van der Waals surface area contributed by atoms with Crippen molar-refractivity contribution in [3.05, 3.63) is 58.5 Å². The number of hydrogen-bond acceptors (Lipinski definition) is 6. The number of carbonyl (C=O) groups excluding carboxylic acids is 1. The number of anilines is 1. The molecule has 156 valence electrons. The summed E-state index contributed by atoms with van der Waals surface area (Å²) in [6.45, 7) is 3.83. The predicted octanol–water partition coefficient (Wildman–Crippen LogP) is 4.52. The molecule has 8 heteroatoms. The smallest absolute Gasteiger partial charge is 0.341 e. The third-order valence-corrected chi connectivity index (χ3v) is 5.62. The number of benzene rings is 2. The highest BCUT2D eigenvalue weighted by atomic mass is 32.2. The van der Waals surface area contributed by atoms with Gasteiger partial charge < -0.3 is 14.6 Å². The average Bonchev–Trinajstić information content (AvgIpc) is 3.00. The molecule has 0 bridgehead atoms. The molecule has 6 nitrogen and oxygen atoms in total. The molecule has 1 N–H and O–H groups in total. The molecule has 3 rings (SSSR count). The van der Waals surface area contributed by atoms with Crippen LogP contribution in [0.1, 0.15) is 25.0 Å². The molecular weight excluding hydrogens is 422 g/mol. The van der Waals surface area contributed by atoms with Crippen LogP contribution in [0.25, 0.3) is 6.08 Å². The van der Waals surface area contributed by atoms with Gasteiger partial charge in [0, 0.05) is 0 Å². The molecule has 1 fully saturated rings. The van der Waals surface area contributed by atoms with Crippen LogP contribution in [-0.4, -0.2) is 34.5 Å². The first-order chi connectivity index (χ1) is 14.4. The van der Waals surface area contributed by atoms with Gasteiger partial charge in [-0.15, -0.1) is 0 Å². The minimum Gasteiger partial charge on any atom is -0.490 e. The Morgan fingerprint density at radius 1 is 1.13 bits per heavy atom. The van der Waals surface area contributed by atoms with Crippen molar-refractivity contribution in [2.45, 2.75) is 20.3 Å². The van der Waals surface area contributed by atoms with Crippen LogP contribution in [-0.2, 0) is 16.0 Å². The van der Waals surface area contributed by atoms with Gasteiger partial charge in [0.25, 0.3) is 5.91 Å². The molecule has 0 saturated carbocycles. The number of rotatable bonds is 8. The standard InChI is InChI=1S/C22H21NO5S2/c1-3-14-5-8-16(9-6-14)23-21(26)19(30-22(23)29)12-15-7-10-17(28-13-20(24)25)18(11-15)27-4-2/h5-12H,3-4,13H2,1-2H3,(H,24,25)/b19-12+. The van der Waals surface area contributed by atoms with Crippen LogP contribution < -0.4 is 14.4 Å². The summed E-state index contributed by atoms with van der Waals surface area (Å²) in [5, 5.41) is 8.81. The molecule has 0 radical (unpaired) electrons. The first-order valence-corrected chi connectivity index (χ1v) is 10.6. The zero-order valence-corrected chi connectivity index (χ0v) is 18.2. The van der Waals surface area contributed by atoms with Crippen LogP contribution in [0.3, 0.4) is 0 Å². The predicted molar refractivity (Wildman–Crippen MR) is 122 cm³/mol. The van der Waals surface area contributed by atoms with Crippen molar-refractivity contribution in [3.8, 4) is 11.5 Å². The lowest BCUT2D eigenvalue weighted by atomic mass is 10.1. The summed E-state index contributed by atoms with van der Waals surface area (Å²) >= 11 is 6.67. The molecular formula is C22H21NO5S2.